The lowest BCUT2D eigenvalue weighted by atomic mass is 10.0. The van der Waals surface area contributed by atoms with Gasteiger partial charge in [0.15, 0.2) is 5.96 Å². The van der Waals surface area contributed by atoms with E-state index in [1.807, 2.05) is 29.8 Å². The van der Waals surface area contributed by atoms with Crippen molar-refractivity contribution < 1.29 is 4.74 Å². The summed E-state index contributed by atoms with van der Waals surface area (Å²) in [6, 6.07) is 4.02. The van der Waals surface area contributed by atoms with E-state index in [-0.39, 0.29) is 30.1 Å². The average Bonchev–Trinajstić information content (AvgIpc) is 3.18. The normalized spacial score (nSPS) is 12.6. The summed E-state index contributed by atoms with van der Waals surface area (Å²) in [6.07, 6.45) is 8.38. The van der Waals surface area contributed by atoms with Crippen LogP contribution in [0.15, 0.2) is 42.0 Å². The van der Waals surface area contributed by atoms with Crippen molar-refractivity contribution in [3.63, 3.8) is 0 Å². The number of nitrogens with one attached hydrogen (secondary N) is 2. The number of ether oxygens (including phenoxy) is 1. The maximum atomic E-state index is 5.78. The molecule has 1 atom stereocenters. The van der Waals surface area contributed by atoms with Crippen molar-refractivity contribution in [3.8, 4) is 5.82 Å². The van der Waals surface area contributed by atoms with Gasteiger partial charge < -0.3 is 15.4 Å². The van der Waals surface area contributed by atoms with Crippen molar-refractivity contribution in [1.82, 2.24) is 25.2 Å². The fourth-order valence-corrected chi connectivity index (χ4v) is 2.67. The standard InChI is InChI=1S/C19H30N6O.HI/c1-5-26-17(15(2)3)7-9-23-19(20-4)24-13-16-6-8-22-18(12-16)25-11-10-21-14-25;/h6,8,10-12,14-15,17H,5,7,9,13H2,1-4H3,(H2,20,23,24);1H. The minimum absolute atomic E-state index is 0. The van der Waals surface area contributed by atoms with Crippen LogP contribution in [0.25, 0.3) is 5.82 Å². The molecule has 0 aliphatic rings. The lowest BCUT2D eigenvalue weighted by Gasteiger charge is -2.21. The predicted molar refractivity (Wildman–Crippen MR) is 120 cm³/mol. The number of aromatic nitrogens is 3. The minimum atomic E-state index is 0. The molecule has 0 bridgehead atoms. The fraction of sp³-hybridized carbons (Fsp3) is 0.526. The molecule has 27 heavy (non-hydrogen) atoms. The summed E-state index contributed by atoms with van der Waals surface area (Å²) in [5.74, 6) is 2.14. The van der Waals surface area contributed by atoms with Gasteiger partial charge in [-0.15, -0.1) is 24.0 Å². The first-order chi connectivity index (χ1) is 12.6. The highest BCUT2D eigenvalue weighted by Gasteiger charge is 2.13. The zero-order valence-electron chi connectivity index (χ0n) is 16.6. The van der Waals surface area contributed by atoms with Crippen LogP contribution >= 0.6 is 24.0 Å². The second-order valence-corrected chi connectivity index (χ2v) is 6.37. The highest BCUT2D eigenvalue weighted by atomic mass is 127. The van der Waals surface area contributed by atoms with Crippen molar-refractivity contribution in [2.24, 2.45) is 10.9 Å². The van der Waals surface area contributed by atoms with Gasteiger partial charge in [0.2, 0.25) is 0 Å². The highest BCUT2D eigenvalue weighted by Crippen LogP contribution is 2.10. The Bertz CT molecular complexity index is 675. The molecule has 0 saturated heterocycles. The Hall–Kier alpha value is -1.68. The number of nitrogens with zero attached hydrogens (tertiary/aromatic N) is 4. The third-order valence-corrected chi connectivity index (χ3v) is 4.11. The van der Waals surface area contributed by atoms with Crippen LogP contribution in [0, 0.1) is 5.92 Å². The van der Waals surface area contributed by atoms with Gasteiger partial charge in [-0.05, 0) is 37.0 Å². The Morgan fingerprint density at radius 1 is 1.30 bits per heavy atom. The summed E-state index contributed by atoms with van der Waals surface area (Å²) in [5, 5.41) is 6.69. The second-order valence-electron chi connectivity index (χ2n) is 6.37. The first-order valence-electron chi connectivity index (χ1n) is 9.13. The number of aliphatic imine (C=N–C) groups is 1. The van der Waals surface area contributed by atoms with Crippen molar-refractivity contribution in [2.45, 2.75) is 39.8 Å². The zero-order valence-corrected chi connectivity index (χ0v) is 18.9. The van der Waals surface area contributed by atoms with Crippen molar-refractivity contribution in [3.05, 3.63) is 42.6 Å². The number of guanidine groups is 1. The van der Waals surface area contributed by atoms with Crippen molar-refractivity contribution in [1.29, 1.82) is 0 Å². The van der Waals surface area contributed by atoms with E-state index in [0.29, 0.717) is 12.5 Å². The molecule has 0 saturated carbocycles. The number of halogens is 1. The Morgan fingerprint density at radius 2 is 2.11 bits per heavy atom. The van der Waals surface area contributed by atoms with Crippen LogP contribution in [-0.4, -0.2) is 46.8 Å². The molecule has 0 aliphatic heterocycles. The Morgan fingerprint density at radius 3 is 2.74 bits per heavy atom. The third-order valence-electron chi connectivity index (χ3n) is 4.11. The van der Waals surface area contributed by atoms with Gasteiger partial charge >= 0.3 is 0 Å². The Labute approximate surface area is 179 Å². The van der Waals surface area contributed by atoms with Gasteiger partial charge in [-0.25, -0.2) is 9.97 Å². The molecule has 2 aromatic heterocycles. The molecule has 2 heterocycles. The summed E-state index contributed by atoms with van der Waals surface area (Å²) < 4.78 is 7.67. The molecule has 0 spiro atoms. The molecular formula is C19H31IN6O. The Balaban J connectivity index is 0.00000364. The van der Waals surface area contributed by atoms with Gasteiger partial charge in [-0.3, -0.25) is 9.56 Å². The number of rotatable bonds is 9. The van der Waals surface area contributed by atoms with E-state index in [1.165, 1.54) is 0 Å². The molecule has 7 nitrogen and oxygen atoms in total. The van der Waals surface area contributed by atoms with Crippen LogP contribution in [-0.2, 0) is 11.3 Å². The van der Waals surface area contributed by atoms with Gasteiger partial charge in [-0.1, -0.05) is 13.8 Å². The lowest BCUT2D eigenvalue weighted by Crippen LogP contribution is -2.39. The third kappa shape index (κ3) is 7.84. The molecule has 1 unspecified atom stereocenters. The van der Waals surface area contributed by atoms with Crippen LogP contribution in [0.5, 0.6) is 0 Å². The summed E-state index contributed by atoms with van der Waals surface area (Å²) in [4.78, 5) is 12.7. The number of pyridine rings is 1. The maximum Gasteiger partial charge on any atom is 0.191 e. The van der Waals surface area contributed by atoms with Gasteiger partial charge in [0.25, 0.3) is 0 Å². The number of hydrogen-bond acceptors (Lipinski definition) is 4. The van der Waals surface area contributed by atoms with E-state index in [9.17, 15) is 0 Å². The molecule has 2 N–H and O–H groups in total. The topological polar surface area (TPSA) is 76.4 Å². The lowest BCUT2D eigenvalue weighted by molar-refractivity contribution is 0.0258. The molecule has 0 fully saturated rings. The largest absolute Gasteiger partial charge is 0.378 e. The molecule has 0 aromatic carbocycles. The average molecular weight is 486 g/mol. The van der Waals surface area contributed by atoms with Gasteiger partial charge in [0.1, 0.15) is 12.1 Å². The molecule has 2 rings (SSSR count). The van der Waals surface area contributed by atoms with Crippen LogP contribution in [0.1, 0.15) is 32.8 Å². The van der Waals surface area contributed by atoms with E-state index in [2.05, 4.69) is 39.4 Å². The smallest absolute Gasteiger partial charge is 0.191 e. The van der Waals surface area contributed by atoms with E-state index in [4.69, 9.17) is 4.74 Å². The van der Waals surface area contributed by atoms with Crippen LogP contribution in [0.2, 0.25) is 0 Å². The predicted octanol–water partition coefficient (Wildman–Crippen LogP) is 3.00. The quantitative estimate of drug-likeness (QED) is 0.324. The fourth-order valence-electron chi connectivity index (χ4n) is 2.67. The molecule has 2 aromatic rings. The van der Waals surface area contributed by atoms with Crippen LogP contribution in [0.4, 0.5) is 0 Å². The SMILES string of the molecule is CCOC(CCNC(=NC)NCc1ccnc(-n2ccnc2)c1)C(C)C.I. The monoisotopic (exact) mass is 486 g/mol. The number of hydrogen-bond donors (Lipinski definition) is 2. The number of imidazole rings is 1. The van der Waals surface area contributed by atoms with E-state index in [1.54, 1.807) is 25.8 Å². The maximum absolute atomic E-state index is 5.78. The molecule has 8 heteroatoms. The van der Waals surface area contributed by atoms with Crippen LogP contribution in [0.3, 0.4) is 0 Å². The van der Waals surface area contributed by atoms with E-state index < -0.39 is 0 Å². The van der Waals surface area contributed by atoms with E-state index >= 15 is 0 Å². The van der Waals surface area contributed by atoms with Crippen molar-refractivity contribution >= 4 is 29.9 Å². The molecule has 150 valence electrons. The summed E-state index contributed by atoms with van der Waals surface area (Å²) in [7, 11) is 1.78. The van der Waals surface area contributed by atoms with Crippen molar-refractivity contribution in [2.75, 3.05) is 20.2 Å². The Kier molecular flexibility index (Phi) is 11.0. The molecular weight excluding hydrogens is 455 g/mol. The summed E-state index contributed by atoms with van der Waals surface area (Å²) in [5.41, 5.74) is 1.13. The first-order valence-corrected chi connectivity index (χ1v) is 9.13. The van der Waals surface area contributed by atoms with Gasteiger partial charge in [-0.2, -0.15) is 0 Å². The second kappa shape index (κ2) is 12.7. The molecule has 0 radical (unpaired) electrons. The zero-order chi connectivity index (χ0) is 18.8. The molecule has 0 amide bonds. The van der Waals surface area contributed by atoms with Gasteiger partial charge in [0, 0.05) is 45.3 Å². The highest BCUT2D eigenvalue weighted by molar-refractivity contribution is 14.0. The van der Waals surface area contributed by atoms with E-state index in [0.717, 1.165) is 36.9 Å². The van der Waals surface area contributed by atoms with Gasteiger partial charge in [0.05, 0.1) is 6.10 Å². The summed E-state index contributed by atoms with van der Waals surface area (Å²) in [6.45, 7) is 8.65. The van der Waals surface area contributed by atoms with Crippen LogP contribution < -0.4 is 10.6 Å². The first kappa shape index (κ1) is 23.4. The minimum Gasteiger partial charge on any atom is -0.378 e. The molecule has 0 aliphatic carbocycles. The summed E-state index contributed by atoms with van der Waals surface area (Å²) >= 11 is 0.